The van der Waals surface area contributed by atoms with Gasteiger partial charge in [-0.3, -0.25) is 4.98 Å². The van der Waals surface area contributed by atoms with Gasteiger partial charge in [0.05, 0.1) is 0 Å². The van der Waals surface area contributed by atoms with Gasteiger partial charge in [-0.15, -0.1) is 0 Å². The summed E-state index contributed by atoms with van der Waals surface area (Å²) in [5, 5.41) is 8.65. The van der Waals surface area contributed by atoms with Crippen LogP contribution in [-0.4, -0.2) is 41.3 Å². The van der Waals surface area contributed by atoms with Gasteiger partial charge in [0.1, 0.15) is 19.3 Å². The minimum Gasteiger partial charge on any atom is -0.480 e. The van der Waals surface area contributed by atoms with Crippen LogP contribution in [0.2, 0.25) is 0 Å². The Morgan fingerprint density at radius 2 is 1.91 bits per heavy atom. The van der Waals surface area contributed by atoms with Crippen molar-refractivity contribution in [2.24, 2.45) is 28.6 Å². The van der Waals surface area contributed by atoms with Crippen LogP contribution in [0, 0.1) is 28.6 Å². The summed E-state index contributed by atoms with van der Waals surface area (Å²) in [6.45, 7) is 4.13. The van der Waals surface area contributed by atoms with Crippen LogP contribution < -0.4 is 0 Å². The average molecular weight is 466 g/mol. The molecule has 2 saturated carbocycles. The summed E-state index contributed by atoms with van der Waals surface area (Å²) >= 11 is 0. The average Bonchev–Trinajstić information content (AvgIpc) is 3.17. The van der Waals surface area contributed by atoms with Crippen LogP contribution in [0.3, 0.4) is 0 Å². The molecule has 1 aromatic rings. The quantitative estimate of drug-likeness (QED) is 0.467. The minimum absolute atomic E-state index is 0.143. The van der Waals surface area contributed by atoms with Crippen molar-refractivity contribution < 1.29 is 24.2 Å². The first kappa shape index (κ1) is 23.3. The Morgan fingerprint density at radius 3 is 2.68 bits per heavy atom. The number of ether oxygens (including phenoxy) is 2. The molecule has 1 N–H and O–H groups in total. The number of pyridine rings is 1. The van der Waals surface area contributed by atoms with Crippen LogP contribution in [0.15, 0.2) is 42.3 Å². The number of carboxylic acid groups (broad SMARTS) is 1. The molecule has 0 aliphatic heterocycles. The highest BCUT2D eigenvalue weighted by atomic mass is 16.6. The molecule has 0 unspecified atom stereocenters. The Kier molecular flexibility index (Phi) is 6.13. The first-order chi connectivity index (χ1) is 16.3. The van der Waals surface area contributed by atoms with Crippen LogP contribution >= 0.6 is 0 Å². The Hall–Kier alpha value is -2.47. The summed E-state index contributed by atoms with van der Waals surface area (Å²) in [5.41, 5.74) is 4.60. The molecule has 182 valence electrons. The van der Waals surface area contributed by atoms with E-state index in [9.17, 15) is 9.59 Å². The van der Waals surface area contributed by atoms with Gasteiger partial charge >= 0.3 is 11.9 Å². The standard InChI is InChI=1S/C28H35NO5/c1-27-11-9-20(34-26(32)17-33-16-25(30)31)14-19(27)5-6-21-23-8-7-22(18-4-3-13-29-15-18)28(23,2)12-10-24(21)27/h3-5,7,13,15,20-21,23-24H,6,8-12,14,16-17H2,1-2H3,(H,30,31)/t20-,21-,23-,24-,27-,28+/m0/s1. The number of aliphatic carboxylic acids is 1. The molecule has 6 nitrogen and oxygen atoms in total. The van der Waals surface area contributed by atoms with Gasteiger partial charge in [-0.25, -0.2) is 9.59 Å². The molecule has 4 aliphatic rings. The van der Waals surface area contributed by atoms with Crippen molar-refractivity contribution in [1.82, 2.24) is 4.98 Å². The minimum atomic E-state index is -1.09. The van der Waals surface area contributed by atoms with E-state index in [1.807, 2.05) is 18.5 Å². The molecule has 2 fully saturated rings. The molecule has 0 radical (unpaired) electrons. The topological polar surface area (TPSA) is 85.7 Å². The zero-order valence-electron chi connectivity index (χ0n) is 20.2. The number of esters is 1. The summed E-state index contributed by atoms with van der Waals surface area (Å²) in [4.78, 5) is 27.0. The Balaban J connectivity index is 1.27. The monoisotopic (exact) mass is 465 g/mol. The fourth-order valence-electron chi connectivity index (χ4n) is 7.71. The molecule has 0 spiro atoms. The molecule has 1 heterocycles. The molecule has 4 aliphatic carbocycles. The van der Waals surface area contributed by atoms with Gasteiger partial charge < -0.3 is 14.6 Å². The smallest absolute Gasteiger partial charge is 0.332 e. The second-order valence-electron chi connectivity index (χ2n) is 11.1. The first-order valence-corrected chi connectivity index (χ1v) is 12.6. The molecule has 5 rings (SSSR count). The normalized spacial score (nSPS) is 36.4. The molecule has 0 aromatic carbocycles. The van der Waals surface area contributed by atoms with E-state index in [0.29, 0.717) is 17.8 Å². The molecule has 1 aromatic heterocycles. The summed E-state index contributed by atoms with van der Waals surface area (Å²) < 4.78 is 10.5. The van der Waals surface area contributed by atoms with Crippen molar-refractivity contribution in [2.75, 3.05) is 13.2 Å². The third kappa shape index (κ3) is 4.00. The lowest BCUT2D eigenvalue weighted by atomic mass is 9.47. The lowest BCUT2D eigenvalue weighted by Crippen LogP contribution is -2.50. The van der Waals surface area contributed by atoms with Crippen LogP contribution in [-0.2, 0) is 19.1 Å². The van der Waals surface area contributed by atoms with Gasteiger partial charge in [0.15, 0.2) is 0 Å². The van der Waals surface area contributed by atoms with Crippen molar-refractivity contribution in [3.05, 3.63) is 47.8 Å². The number of carbonyl (C=O) groups excluding carboxylic acids is 1. The molecule has 34 heavy (non-hydrogen) atoms. The van der Waals surface area contributed by atoms with Gasteiger partial charge in [0.25, 0.3) is 0 Å². The van der Waals surface area contributed by atoms with E-state index in [2.05, 4.69) is 37.0 Å². The fraction of sp³-hybridized carbons (Fsp3) is 0.607. The van der Waals surface area contributed by atoms with E-state index in [0.717, 1.165) is 32.1 Å². The van der Waals surface area contributed by atoms with Gasteiger partial charge in [-0.1, -0.05) is 37.6 Å². The largest absolute Gasteiger partial charge is 0.480 e. The SMILES string of the molecule is C[C@]12CC[C@H](OC(=O)COCC(=O)O)CC1=CC[C@@H]1[C@@H]2CC[C@]2(C)C(c3cccnc3)=CC[C@@H]12. The number of allylic oxidation sites excluding steroid dienone is 3. The highest BCUT2D eigenvalue weighted by Gasteiger charge is 2.57. The molecule has 0 saturated heterocycles. The highest BCUT2D eigenvalue weighted by Crippen LogP contribution is 2.66. The summed E-state index contributed by atoms with van der Waals surface area (Å²) in [6.07, 6.45) is 16.0. The van der Waals surface area contributed by atoms with Crippen LogP contribution in [0.1, 0.15) is 64.4 Å². The predicted octanol–water partition coefficient (Wildman–Crippen LogP) is 5.05. The maximum atomic E-state index is 12.1. The van der Waals surface area contributed by atoms with Crippen LogP contribution in [0.5, 0.6) is 0 Å². The van der Waals surface area contributed by atoms with Crippen molar-refractivity contribution in [2.45, 2.75) is 64.9 Å². The van der Waals surface area contributed by atoms with E-state index in [-0.39, 0.29) is 23.5 Å². The molecule has 6 atom stereocenters. The number of nitrogens with zero attached hydrogens (tertiary/aromatic N) is 1. The van der Waals surface area contributed by atoms with E-state index in [4.69, 9.17) is 14.6 Å². The van der Waals surface area contributed by atoms with Crippen LogP contribution in [0.25, 0.3) is 5.57 Å². The number of carboxylic acids is 1. The van der Waals surface area contributed by atoms with Gasteiger partial charge in [-0.05, 0) is 84.3 Å². The second kappa shape index (κ2) is 8.95. The maximum Gasteiger partial charge on any atom is 0.332 e. The lowest BCUT2D eigenvalue weighted by Gasteiger charge is -2.57. The molecule has 0 bridgehead atoms. The number of hydrogen-bond donors (Lipinski definition) is 1. The van der Waals surface area contributed by atoms with Crippen molar-refractivity contribution in [1.29, 1.82) is 0 Å². The zero-order valence-corrected chi connectivity index (χ0v) is 20.2. The number of aromatic nitrogens is 1. The van der Waals surface area contributed by atoms with Crippen LogP contribution in [0.4, 0.5) is 0 Å². The maximum absolute atomic E-state index is 12.1. The predicted molar refractivity (Wildman–Crippen MR) is 128 cm³/mol. The van der Waals surface area contributed by atoms with Crippen molar-refractivity contribution in [3.63, 3.8) is 0 Å². The highest BCUT2D eigenvalue weighted by molar-refractivity contribution is 5.73. The van der Waals surface area contributed by atoms with E-state index in [1.165, 1.54) is 29.6 Å². The van der Waals surface area contributed by atoms with E-state index < -0.39 is 18.5 Å². The molecular formula is C28H35NO5. The number of fused-ring (bicyclic) bond motifs is 5. The first-order valence-electron chi connectivity index (χ1n) is 12.6. The van der Waals surface area contributed by atoms with Gasteiger partial charge in [0, 0.05) is 18.8 Å². The summed E-state index contributed by atoms with van der Waals surface area (Å²) in [7, 11) is 0. The zero-order chi connectivity index (χ0) is 23.9. The van der Waals surface area contributed by atoms with Gasteiger partial charge in [-0.2, -0.15) is 0 Å². The van der Waals surface area contributed by atoms with E-state index in [1.54, 1.807) is 0 Å². The summed E-state index contributed by atoms with van der Waals surface area (Å²) in [6, 6.07) is 4.24. The third-order valence-corrected chi connectivity index (χ3v) is 9.36. The van der Waals surface area contributed by atoms with E-state index >= 15 is 0 Å². The Labute approximate surface area is 201 Å². The Bertz CT molecular complexity index is 1020. The molecule has 6 heteroatoms. The number of rotatable bonds is 6. The van der Waals surface area contributed by atoms with Gasteiger partial charge in [0.2, 0.25) is 0 Å². The lowest BCUT2D eigenvalue weighted by molar-refractivity contribution is -0.158. The molecular weight excluding hydrogens is 430 g/mol. The summed E-state index contributed by atoms with van der Waals surface area (Å²) in [5.74, 6) is 0.455. The fourth-order valence-corrected chi connectivity index (χ4v) is 7.71. The molecule has 0 amide bonds. The third-order valence-electron chi connectivity index (χ3n) is 9.36. The second-order valence-corrected chi connectivity index (χ2v) is 11.1. The Morgan fingerprint density at radius 1 is 1.09 bits per heavy atom. The van der Waals surface area contributed by atoms with Crippen molar-refractivity contribution >= 4 is 17.5 Å². The van der Waals surface area contributed by atoms with Crippen molar-refractivity contribution in [3.8, 4) is 0 Å². The number of hydrogen-bond acceptors (Lipinski definition) is 5. The number of carbonyl (C=O) groups is 2.